The molecule has 0 aliphatic heterocycles. The van der Waals surface area contributed by atoms with Gasteiger partial charge in [-0.2, -0.15) is 0 Å². The fourth-order valence-electron chi connectivity index (χ4n) is 1.38. The maximum absolute atomic E-state index is 12.1. The Morgan fingerprint density at radius 2 is 2.00 bits per heavy atom. The van der Waals surface area contributed by atoms with Gasteiger partial charge in [0.05, 0.1) is 9.95 Å². The summed E-state index contributed by atoms with van der Waals surface area (Å²) in [6.45, 7) is 7.81. The zero-order valence-electron chi connectivity index (χ0n) is 11.9. The van der Waals surface area contributed by atoms with Gasteiger partial charge in [-0.15, -0.1) is 0 Å². The molecule has 1 rings (SSSR count). The Bertz CT molecular complexity index is 553. The second-order valence-electron chi connectivity index (χ2n) is 5.71. The lowest BCUT2D eigenvalue weighted by Gasteiger charge is -2.28. The van der Waals surface area contributed by atoms with E-state index in [2.05, 4.69) is 5.32 Å². The van der Waals surface area contributed by atoms with Gasteiger partial charge in [0.2, 0.25) is 0 Å². The third kappa shape index (κ3) is 3.60. The average molecular weight is 300 g/mol. The van der Waals surface area contributed by atoms with Crippen molar-refractivity contribution in [1.29, 1.82) is 0 Å². The number of nitrogens with two attached hydrogens (primary N) is 1. The monoisotopic (exact) mass is 299 g/mol. The van der Waals surface area contributed by atoms with Crippen LogP contribution in [0.1, 0.15) is 38.1 Å². The van der Waals surface area contributed by atoms with E-state index in [0.717, 1.165) is 6.07 Å². The number of nitrogen functional groups attached to an aromatic ring is 1. The molecule has 1 atom stereocenters. The van der Waals surface area contributed by atoms with Gasteiger partial charge in [-0.1, -0.05) is 32.4 Å². The van der Waals surface area contributed by atoms with E-state index in [0.29, 0.717) is 0 Å². The van der Waals surface area contributed by atoms with Crippen molar-refractivity contribution in [2.45, 2.75) is 33.7 Å². The largest absolute Gasteiger partial charge is 0.392 e. The van der Waals surface area contributed by atoms with Crippen LogP contribution in [-0.2, 0) is 0 Å². The van der Waals surface area contributed by atoms with Gasteiger partial charge in [-0.3, -0.25) is 14.9 Å². The molecule has 0 saturated heterocycles. The summed E-state index contributed by atoms with van der Waals surface area (Å²) in [5.41, 5.74) is 5.00. The van der Waals surface area contributed by atoms with E-state index >= 15 is 0 Å². The number of anilines is 1. The van der Waals surface area contributed by atoms with Crippen LogP contribution >= 0.6 is 11.6 Å². The Labute approximate surface area is 122 Å². The molecule has 1 aromatic rings. The van der Waals surface area contributed by atoms with Crippen LogP contribution in [0, 0.1) is 15.5 Å². The second kappa shape index (κ2) is 5.66. The van der Waals surface area contributed by atoms with Gasteiger partial charge < -0.3 is 11.1 Å². The summed E-state index contributed by atoms with van der Waals surface area (Å²) in [4.78, 5) is 22.3. The molecule has 110 valence electrons. The minimum absolute atomic E-state index is 0.00670. The van der Waals surface area contributed by atoms with Crippen molar-refractivity contribution in [3.63, 3.8) is 0 Å². The van der Waals surface area contributed by atoms with Crippen molar-refractivity contribution in [3.8, 4) is 0 Å². The number of nitrogens with one attached hydrogen (secondary N) is 1. The van der Waals surface area contributed by atoms with Gasteiger partial charge in [0.25, 0.3) is 11.6 Å². The summed E-state index contributed by atoms with van der Waals surface area (Å²) >= 11 is 5.82. The maximum Gasteiger partial charge on any atom is 0.294 e. The number of amides is 1. The van der Waals surface area contributed by atoms with Crippen LogP contribution < -0.4 is 11.1 Å². The van der Waals surface area contributed by atoms with E-state index in [4.69, 9.17) is 17.3 Å². The van der Waals surface area contributed by atoms with Crippen molar-refractivity contribution in [2.75, 3.05) is 5.73 Å². The zero-order chi connectivity index (χ0) is 15.7. The van der Waals surface area contributed by atoms with Gasteiger partial charge >= 0.3 is 0 Å². The van der Waals surface area contributed by atoms with E-state index < -0.39 is 10.8 Å². The summed E-state index contributed by atoms with van der Waals surface area (Å²) in [5, 5.41) is 13.6. The molecule has 0 radical (unpaired) electrons. The summed E-state index contributed by atoms with van der Waals surface area (Å²) in [6, 6.07) is 2.35. The standard InChI is InChI=1S/C13H18ClN3O3/c1-7(13(2,3)4)16-12(18)8-5-9(14)11(15)10(6-8)17(19)20/h5-7H,15H2,1-4H3,(H,16,18). The fraction of sp³-hybridized carbons (Fsp3) is 0.462. The summed E-state index contributed by atoms with van der Waals surface area (Å²) in [6.07, 6.45) is 0. The van der Waals surface area contributed by atoms with E-state index in [1.807, 2.05) is 27.7 Å². The molecule has 0 heterocycles. The number of benzene rings is 1. The van der Waals surface area contributed by atoms with E-state index in [1.165, 1.54) is 6.07 Å². The first kappa shape index (κ1) is 16.2. The molecule has 1 unspecified atom stereocenters. The SMILES string of the molecule is CC(NC(=O)c1cc(Cl)c(N)c([N+](=O)[O-])c1)C(C)(C)C. The predicted octanol–water partition coefficient (Wildman–Crippen LogP) is 2.99. The number of hydrogen-bond donors (Lipinski definition) is 2. The number of rotatable bonds is 3. The summed E-state index contributed by atoms with van der Waals surface area (Å²) in [7, 11) is 0. The number of carbonyl (C=O) groups is 1. The Hall–Kier alpha value is -1.82. The van der Waals surface area contributed by atoms with Gasteiger partial charge in [-0.25, -0.2) is 0 Å². The molecular weight excluding hydrogens is 282 g/mol. The van der Waals surface area contributed by atoms with E-state index in [9.17, 15) is 14.9 Å². The quantitative estimate of drug-likeness (QED) is 0.509. The van der Waals surface area contributed by atoms with Crippen LogP contribution in [0.15, 0.2) is 12.1 Å². The number of hydrogen-bond acceptors (Lipinski definition) is 4. The molecular formula is C13H18ClN3O3. The fourth-order valence-corrected chi connectivity index (χ4v) is 1.60. The lowest BCUT2D eigenvalue weighted by molar-refractivity contribution is -0.383. The normalized spacial score (nSPS) is 12.8. The molecule has 0 saturated carbocycles. The molecule has 1 aromatic carbocycles. The lowest BCUT2D eigenvalue weighted by Crippen LogP contribution is -2.41. The van der Waals surface area contributed by atoms with Crippen LogP contribution in [-0.4, -0.2) is 16.9 Å². The van der Waals surface area contributed by atoms with Crippen molar-refractivity contribution >= 4 is 28.9 Å². The Kier molecular flexibility index (Phi) is 4.60. The lowest BCUT2D eigenvalue weighted by atomic mass is 9.88. The highest BCUT2D eigenvalue weighted by molar-refractivity contribution is 6.34. The van der Waals surface area contributed by atoms with Gasteiger partial charge in [0.15, 0.2) is 0 Å². The number of nitro groups is 1. The molecule has 0 aliphatic carbocycles. The number of nitro benzene ring substituents is 1. The van der Waals surface area contributed by atoms with Crippen molar-refractivity contribution < 1.29 is 9.72 Å². The van der Waals surface area contributed by atoms with E-state index in [1.54, 1.807) is 0 Å². The van der Waals surface area contributed by atoms with Crippen molar-refractivity contribution in [1.82, 2.24) is 5.32 Å². The highest BCUT2D eigenvalue weighted by atomic mass is 35.5. The van der Waals surface area contributed by atoms with Gasteiger partial charge in [-0.05, 0) is 18.4 Å². The van der Waals surface area contributed by atoms with E-state index in [-0.39, 0.29) is 33.4 Å². The topological polar surface area (TPSA) is 98.3 Å². The second-order valence-corrected chi connectivity index (χ2v) is 6.12. The molecule has 6 nitrogen and oxygen atoms in total. The zero-order valence-corrected chi connectivity index (χ0v) is 12.6. The van der Waals surface area contributed by atoms with Crippen LogP contribution in [0.5, 0.6) is 0 Å². The molecule has 20 heavy (non-hydrogen) atoms. The average Bonchev–Trinajstić information content (AvgIpc) is 2.30. The van der Waals surface area contributed by atoms with Gasteiger partial charge in [0, 0.05) is 17.7 Å². The Morgan fingerprint density at radius 3 is 2.45 bits per heavy atom. The molecule has 0 fully saturated rings. The molecule has 7 heteroatoms. The maximum atomic E-state index is 12.1. The third-order valence-electron chi connectivity index (χ3n) is 3.21. The third-order valence-corrected chi connectivity index (χ3v) is 3.53. The molecule has 0 bridgehead atoms. The highest BCUT2D eigenvalue weighted by Gasteiger charge is 2.24. The first-order valence-electron chi connectivity index (χ1n) is 6.08. The smallest absolute Gasteiger partial charge is 0.294 e. The van der Waals surface area contributed by atoms with Crippen LogP contribution in [0.3, 0.4) is 0 Å². The number of halogens is 1. The van der Waals surface area contributed by atoms with Crippen LogP contribution in [0.4, 0.5) is 11.4 Å². The Morgan fingerprint density at radius 1 is 1.45 bits per heavy atom. The molecule has 0 aromatic heterocycles. The number of nitrogens with zero attached hydrogens (tertiary/aromatic N) is 1. The molecule has 0 aliphatic rings. The molecule has 3 N–H and O–H groups in total. The predicted molar refractivity (Wildman–Crippen MR) is 78.9 cm³/mol. The Balaban J connectivity index is 3.09. The first-order valence-corrected chi connectivity index (χ1v) is 6.46. The first-order chi connectivity index (χ1) is 9.04. The number of carbonyl (C=O) groups excluding carboxylic acids is 1. The molecule has 1 amide bonds. The summed E-state index contributed by atoms with van der Waals surface area (Å²) < 4.78 is 0. The highest BCUT2D eigenvalue weighted by Crippen LogP contribution is 2.31. The van der Waals surface area contributed by atoms with Crippen LogP contribution in [0.25, 0.3) is 0 Å². The van der Waals surface area contributed by atoms with Crippen molar-refractivity contribution in [2.24, 2.45) is 5.41 Å². The molecule has 0 spiro atoms. The summed E-state index contributed by atoms with van der Waals surface area (Å²) in [5.74, 6) is -0.419. The van der Waals surface area contributed by atoms with Gasteiger partial charge in [0.1, 0.15) is 5.69 Å². The van der Waals surface area contributed by atoms with Crippen LogP contribution in [0.2, 0.25) is 5.02 Å². The minimum Gasteiger partial charge on any atom is -0.392 e. The van der Waals surface area contributed by atoms with Crippen molar-refractivity contribution in [3.05, 3.63) is 32.8 Å². The minimum atomic E-state index is -0.662.